The summed E-state index contributed by atoms with van der Waals surface area (Å²) >= 11 is 0. The Morgan fingerprint density at radius 1 is 0.155 bits per heavy atom. The first-order valence-corrected chi connectivity index (χ1v) is 49.9. The first-order valence-electron chi connectivity index (χ1n) is 49.9. The predicted octanol–water partition coefficient (Wildman–Crippen LogP) is 38.4. The molecule has 672 valence electrons. The van der Waals surface area contributed by atoms with Crippen LogP contribution >= 0.6 is 0 Å². The zero-order chi connectivity index (χ0) is 94.9. The van der Waals surface area contributed by atoms with Gasteiger partial charge in [0.1, 0.15) is 22.3 Å². The van der Waals surface area contributed by atoms with Gasteiger partial charge in [0.05, 0.1) is 0 Å². The molecule has 0 radical (unpaired) electrons. The third-order valence-electron chi connectivity index (χ3n) is 32.5. The first-order chi connectivity index (χ1) is 69.4. The van der Waals surface area contributed by atoms with Crippen LogP contribution in [-0.4, -0.2) is 0 Å². The van der Waals surface area contributed by atoms with E-state index in [1.165, 1.54) is 199 Å². The molecule has 4 heteroatoms. The van der Waals surface area contributed by atoms with E-state index in [0.717, 1.165) is 89.1 Å². The zero-order valence-electron chi connectivity index (χ0n) is 80.4. The smallest absolute Gasteiger partial charge is 0.143 e. The van der Waals surface area contributed by atoms with Crippen molar-refractivity contribution in [3.63, 3.8) is 0 Å². The van der Waals surface area contributed by atoms with Gasteiger partial charge in [0, 0.05) is 88.5 Å². The van der Waals surface area contributed by atoms with Gasteiger partial charge in [-0.2, -0.15) is 0 Å². The minimum absolute atomic E-state index is 0.204. The van der Waals surface area contributed by atoms with Crippen molar-refractivity contribution in [1.82, 2.24) is 0 Å². The van der Waals surface area contributed by atoms with Crippen molar-refractivity contribution >= 4 is 110 Å². The van der Waals surface area contributed by atoms with E-state index in [0.29, 0.717) is 0 Å². The van der Waals surface area contributed by atoms with Gasteiger partial charge in [0.15, 0.2) is 0 Å². The van der Waals surface area contributed by atoms with Crippen LogP contribution in [0.2, 0.25) is 0 Å². The molecular formula is C138H98N2O2. The molecule has 0 unspecified atom stereocenters. The molecule has 0 N–H and O–H groups in total. The molecule has 5 aliphatic rings. The van der Waals surface area contributed by atoms with Crippen LogP contribution in [0, 0.1) is 0 Å². The number of nitrogens with zero attached hydrogens (tertiary/aromatic N) is 2. The number of fused-ring (bicyclic) bond motifs is 24. The molecule has 22 aromatic carbocycles. The van der Waals surface area contributed by atoms with Crippen molar-refractivity contribution < 1.29 is 8.83 Å². The zero-order valence-corrected chi connectivity index (χ0v) is 80.4. The van der Waals surface area contributed by atoms with Gasteiger partial charge in [-0.3, -0.25) is 0 Å². The van der Waals surface area contributed by atoms with Gasteiger partial charge in [0.25, 0.3) is 0 Å². The molecular weight excluding hydrogens is 1720 g/mol. The van der Waals surface area contributed by atoms with E-state index in [2.05, 4.69) is 502 Å². The molecule has 0 saturated heterocycles. The Hall–Kier alpha value is -17.2. The summed E-state index contributed by atoms with van der Waals surface area (Å²) in [7, 11) is 0. The second-order valence-corrected chi connectivity index (χ2v) is 41.6. The second kappa shape index (κ2) is 31.2. The highest BCUT2D eigenvalue weighted by atomic mass is 16.3. The van der Waals surface area contributed by atoms with Gasteiger partial charge in [-0.1, -0.05) is 389 Å². The molecule has 0 bridgehead atoms. The normalized spacial score (nSPS) is 14.0. The van der Waals surface area contributed by atoms with Crippen LogP contribution in [0.1, 0.15) is 99.9 Å². The van der Waals surface area contributed by atoms with Gasteiger partial charge in [-0.05, 0) is 314 Å². The third-order valence-corrected chi connectivity index (χ3v) is 32.5. The van der Waals surface area contributed by atoms with Crippen LogP contribution in [0.15, 0.2) is 458 Å². The molecule has 2 aromatic heterocycles. The van der Waals surface area contributed by atoms with Crippen molar-refractivity contribution in [3.05, 3.63) is 493 Å². The molecule has 0 spiro atoms. The van der Waals surface area contributed by atoms with Crippen LogP contribution in [0.4, 0.5) is 34.1 Å². The SMILES string of the molecule is CC1(C)c2cc(-c3ccccc3)ccc2-c2ccc(N(c3ccc(-c4cc5ccccc5c5ccccc45)cc3)c3ccc4c(c3)C(C)(C)c3cc(-c5cccc6c5oc5ccccc56)ccc3-4)cc21.CC1(C)c2cc(-c3ccccc3)ccc2-c2ccc(N(c3ccc(-c4ccc5c6c(cccc46)-c4ccccc4-5)cc3)c3ccc4c(c3)C(C)(C)c3cc(-c5cccc6c5oc5ccccc56)ccc3-4)cc21. The fraction of sp³-hybridized carbons (Fsp3) is 0.0870. The van der Waals surface area contributed by atoms with E-state index >= 15 is 0 Å². The number of hydrogen-bond acceptors (Lipinski definition) is 4. The Labute approximate surface area is 827 Å². The van der Waals surface area contributed by atoms with E-state index in [-0.39, 0.29) is 21.7 Å². The van der Waals surface area contributed by atoms with Crippen LogP contribution in [0.3, 0.4) is 0 Å². The lowest BCUT2D eigenvalue weighted by Crippen LogP contribution is -2.18. The number of furan rings is 2. The lowest BCUT2D eigenvalue weighted by molar-refractivity contribution is 0.659. The van der Waals surface area contributed by atoms with Gasteiger partial charge in [-0.25, -0.2) is 0 Å². The molecule has 0 amide bonds. The lowest BCUT2D eigenvalue weighted by Gasteiger charge is -2.30. The maximum atomic E-state index is 6.55. The third kappa shape index (κ3) is 12.6. The van der Waals surface area contributed by atoms with Crippen molar-refractivity contribution in [2.45, 2.75) is 77.0 Å². The number of hydrogen-bond donors (Lipinski definition) is 0. The van der Waals surface area contributed by atoms with E-state index in [1.807, 2.05) is 12.1 Å². The summed E-state index contributed by atoms with van der Waals surface area (Å²) in [4.78, 5) is 4.96. The van der Waals surface area contributed by atoms with Gasteiger partial charge < -0.3 is 18.6 Å². The fourth-order valence-corrected chi connectivity index (χ4v) is 25.2. The Morgan fingerprint density at radius 3 is 0.866 bits per heavy atom. The number of benzene rings is 22. The van der Waals surface area contributed by atoms with Crippen molar-refractivity contribution in [3.8, 4) is 134 Å². The fourth-order valence-electron chi connectivity index (χ4n) is 25.2. The minimum atomic E-state index is -0.262. The van der Waals surface area contributed by atoms with E-state index in [9.17, 15) is 0 Å². The largest absolute Gasteiger partial charge is 0.455 e. The molecule has 0 atom stereocenters. The van der Waals surface area contributed by atoms with E-state index in [4.69, 9.17) is 8.83 Å². The van der Waals surface area contributed by atoms with Crippen molar-refractivity contribution in [2.75, 3.05) is 9.80 Å². The maximum Gasteiger partial charge on any atom is 0.143 e. The quantitative estimate of drug-likeness (QED) is 0.114. The van der Waals surface area contributed by atoms with Crippen molar-refractivity contribution in [1.29, 1.82) is 0 Å². The van der Waals surface area contributed by atoms with Crippen LogP contribution in [-0.2, 0) is 21.7 Å². The molecule has 0 aliphatic heterocycles. The molecule has 142 heavy (non-hydrogen) atoms. The molecule has 24 aromatic rings. The molecule has 2 heterocycles. The summed E-state index contributed by atoms with van der Waals surface area (Å²) in [5, 5.41) is 12.3. The maximum absolute atomic E-state index is 6.55. The summed E-state index contributed by atoms with van der Waals surface area (Å²) in [6.45, 7) is 19.1. The average molecular weight is 1820 g/mol. The Bertz CT molecular complexity index is 9440. The molecule has 4 nitrogen and oxygen atoms in total. The molecule has 0 saturated carbocycles. The second-order valence-electron chi connectivity index (χ2n) is 41.6. The van der Waals surface area contributed by atoms with Crippen molar-refractivity contribution in [2.24, 2.45) is 0 Å². The van der Waals surface area contributed by atoms with Gasteiger partial charge in [-0.15, -0.1) is 0 Å². The summed E-state index contributed by atoms with van der Waals surface area (Å²) in [5.41, 5.74) is 50.4. The summed E-state index contributed by atoms with van der Waals surface area (Å²) < 4.78 is 13.1. The average Bonchev–Trinajstić information content (AvgIpc) is 1.66. The monoisotopic (exact) mass is 1810 g/mol. The Balaban J connectivity index is 0.000000139. The molecule has 0 fully saturated rings. The van der Waals surface area contributed by atoms with Crippen LogP contribution < -0.4 is 9.80 Å². The highest BCUT2D eigenvalue weighted by molar-refractivity contribution is 6.20. The first kappa shape index (κ1) is 83.0. The van der Waals surface area contributed by atoms with Crippen LogP contribution in [0.5, 0.6) is 0 Å². The minimum Gasteiger partial charge on any atom is -0.455 e. The van der Waals surface area contributed by atoms with Gasteiger partial charge >= 0.3 is 0 Å². The van der Waals surface area contributed by atoms with Crippen LogP contribution in [0.25, 0.3) is 210 Å². The topological polar surface area (TPSA) is 32.8 Å². The van der Waals surface area contributed by atoms with Gasteiger partial charge in [0.2, 0.25) is 0 Å². The predicted molar refractivity (Wildman–Crippen MR) is 597 cm³/mol. The summed E-state index contributed by atoms with van der Waals surface area (Å²) in [6.07, 6.45) is 0. The lowest BCUT2D eigenvalue weighted by atomic mass is 9.81. The summed E-state index contributed by atoms with van der Waals surface area (Å²) in [5.74, 6) is 0. The highest BCUT2D eigenvalue weighted by Crippen LogP contribution is 2.60. The van der Waals surface area contributed by atoms with E-state index < -0.39 is 0 Å². The highest BCUT2D eigenvalue weighted by Gasteiger charge is 2.43. The Morgan fingerprint density at radius 2 is 0.437 bits per heavy atom. The summed E-state index contributed by atoms with van der Waals surface area (Å²) in [6, 6.07) is 167. The standard InChI is InChI=1S/C70H49NO.C68H49NO/c1-69(2)62-38-44(42-14-6-5-7-15-42)26-32-53(62)55-34-30-47(40-64(55)69)71(46-28-24-43(25-29-46)49-36-37-60-52-17-9-8-16-51(52)59-21-13-20-58(49)67(59)60)48-31-35-56-54-33-27-45(39-63(54)70(3,4)65(56)41-48)50-19-12-22-61-57-18-10-11-23-66(57)72-68(50)61;1-67(2)61-38-44(42-15-6-5-7-16-42)27-33-54(61)56-35-31-48(40-63(56)67)69(47-29-25-43(26-30-47)60-37-45-17-8-9-18-50(45)52-19-10-11-20-53(52)60)49-32-36-57-55-34-28-46(39-62(55)68(3,4)64(57)41-49)51-22-14-23-59-58-21-12-13-24-65(58)70-66(51)59/h5-41H,1-4H3;5-41H,1-4H3. The molecule has 29 rings (SSSR count). The Kier molecular flexibility index (Phi) is 18.2. The number of anilines is 6. The van der Waals surface area contributed by atoms with E-state index in [1.54, 1.807) is 0 Å². The molecule has 5 aliphatic carbocycles. The number of rotatable bonds is 12. The number of para-hydroxylation sites is 4.